The van der Waals surface area contributed by atoms with Gasteiger partial charge in [-0.25, -0.2) is 4.39 Å². The fourth-order valence-corrected chi connectivity index (χ4v) is 10.6. The quantitative estimate of drug-likeness (QED) is 0.434. The average molecular weight is 477 g/mol. The Balaban J connectivity index is 1.24. The maximum Gasteiger partial charge on any atom is 0.108 e. The predicted octanol–water partition coefficient (Wildman–Crippen LogP) is 7.85. The number of fused-ring (bicyclic) bond motifs is 5. The van der Waals surface area contributed by atoms with E-state index >= 15 is 0 Å². The van der Waals surface area contributed by atoms with Crippen molar-refractivity contribution in [2.75, 3.05) is 0 Å². The van der Waals surface area contributed by atoms with E-state index in [4.69, 9.17) is 0 Å². The lowest BCUT2D eigenvalue weighted by molar-refractivity contribution is -0.148. The standard InChI is InChI=1S/C31H53FO2/c1-21(10-13-31(34)18-14-27(2,32)15-19-31)24-8-9-25-23-7-6-22-20-28(3,33)16-17-29(22,4)26(23)11-12-30(24,25)5/h21-26,33-34H,6-20H2,1-5H3/t21-,22+,23+,24-,25+,26+,27?,28+,29+,30-,31?/m1/s1. The van der Waals surface area contributed by atoms with E-state index in [1.165, 1.54) is 44.9 Å². The molecule has 0 amide bonds. The molecule has 34 heavy (non-hydrogen) atoms. The Morgan fingerprint density at radius 3 is 2.15 bits per heavy atom. The summed E-state index contributed by atoms with van der Waals surface area (Å²) in [6.07, 6.45) is 15.7. The zero-order valence-electron chi connectivity index (χ0n) is 22.8. The van der Waals surface area contributed by atoms with Crippen molar-refractivity contribution < 1.29 is 14.6 Å². The topological polar surface area (TPSA) is 40.5 Å². The molecular formula is C31H53FO2. The summed E-state index contributed by atoms with van der Waals surface area (Å²) in [7, 11) is 0. The van der Waals surface area contributed by atoms with Crippen molar-refractivity contribution in [2.45, 2.75) is 148 Å². The highest BCUT2D eigenvalue weighted by Gasteiger charge is 2.61. The molecule has 5 aliphatic carbocycles. The van der Waals surface area contributed by atoms with Crippen molar-refractivity contribution in [3.63, 3.8) is 0 Å². The van der Waals surface area contributed by atoms with Gasteiger partial charge in [0.05, 0.1) is 11.2 Å². The van der Waals surface area contributed by atoms with Gasteiger partial charge in [-0.15, -0.1) is 0 Å². The second kappa shape index (κ2) is 8.44. The van der Waals surface area contributed by atoms with E-state index in [9.17, 15) is 14.6 Å². The zero-order chi connectivity index (χ0) is 24.6. The molecule has 5 aliphatic rings. The molecular weight excluding hydrogens is 423 g/mol. The molecule has 9 atom stereocenters. The molecule has 0 aromatic carbocycles. The summed E-state index contributed by atoms with van der Waals surface area (Å²) in [5, 5.41) is 21.9. The normalized spacial score (nSPS) is 56.3. The van der Waals surface area contributed by atoms with E-state index in [0.717, 1.165) is 49.4 Å². The van der Waals surface area contributed by atoms with Gasteiger partial charge in [-0.05, 0) is 156 Å². The molecule has 0 aliphatic heterocycles. The van der Waals surface area contributed by atoms with Crippen LogP contribution in [0.2, 0.25) is 0 Å². The monoisotopic (exact) mass is 476 g/mol. The summed E-state index contributed by atoms with van der Waals surface area (Å²) < 4.78 is 14.3. The average Bonchev–Trinajstić information content (AvgIpc) is 3.12. The Morgan fingerprint density at radius 1 is 0.765 bits per heavy atom. The maximum atomic E-state index is 14.3. The third kappa shape index (κ3) is 4.31. The van der Waals surface area contributed by atoms with Gasteiger partial charge in [0.15, 0.2) is 0 Å². The van der Waals surface area contributed by atoms with E-state index in [1.54, 1.807) is 6.92 Å². The van der Waals surface area contributed by atoms with Crippen LogP contribution in [0.1, 0.15) is 131 Å². The van der Waals surface area contributed by atoms with Crippen molar-refractivity contribution in [2.24, 2.45) is 46.3 Å². The van der Waals surface area contributed by atoms with E-state index in [0.29, 0.717) is 48.3 Å². The minimum absolute atomic E-state index is 0.436. The second-order valence-electron chi connectivity index (χ2n) is 15.2. The third-order valence-corrected chi connectivity index (χ3v) is 13.0. The van der Waals surface area contributed by atoms with Crippen LogP contribution < -0.4 is 0 Å². The SMILES string of the molecule is C[C@H](CCC1(O)CCC(C)(F)CC1)[C@H]1CC[C@H]2[C@@H]3CC[C@H]4C[C@@](C)(O)CC[C@]4(C)[C@H]3CC[C@]12C. The smallest absolute Gasteiger partial charge is 0.108 e. The third-order valence-electron chi connectivity index (χ3n) is 13.0. The number of aliphatic hydroxyl groups is 2. The van der Waals surface area contributed by atoms with Crippen LogP contribution in [-0.4, -0.2) is 27.1 Å². The van der Waals surface area contributed by atoms with E-state index in [1.807, 2.05) is 0 Å². The first kappa shape index (κ1) is 25.5. The number of rotatable bonds is 4. The molecule has 0 aromatic rings. The fourth-order valence-electron chi connectivity index (χ4n) is 10.6. The minimum atomic E-state index is -1.08. The van der Waals surface area contributed by atoms with Crippen molar-refractivity contribution in [1.29, 1.82) is 0 Å². The molecule has 0 spiro atoms. The molecule has 2 nitrogen and oxygen atoms in total. The van der Waals surface area contributed by atoms with Gasteiger partial charge in [-0.3, -0.25) is 0 Å². The summed E-state index contributed by atoms with van der Waals surface area (Å²) in [6.45, 7) is 11.5. The van der Waals surface area contributed by atoms with Crippen LogP contribution in [0, 0.1) is 46.3 Å². The molecule has 0 saturated heterocycles. The Labute approximate surface area is 208 Å². The summed E-state index contributed by atoms with van der Waals surface area (Å²) in [5.74, 6) is 4.72. The Morgan fingerprint density at radius 2 is 1.44 bits per heavy atom. The van der Waals surface area contributed by atoms with Crippen LogP contribution in [0.5, 0.6) is 0 Å². The van der Waals surface area contributed by atoms with Crippen molar-refractivity contribution in [1.82, 2.24) is 0 Å². The minimum Gasteiger partial charge on any atom is -0.390 e. The highest BCUT2D eigenvalue weighted by atomic mass is 19.1. The van der Waals surface area contributed by atoms with Crippen LogP contribution >= 0.6 is 0 Å². The molecule has 0 radical (unpaired) electrons. The largest absolute Gasteiger partial charge is 0.390 e. The van der Waals surface area contributed by atoms with Gasteiger partial charge in [0.2, 0.25) is 0 Å². The van der Waals surface area contributed by atoms with Gasteiger partial charge in [0.25, 0.3) is 0 Å². The first-order valence-corrected chi connectivity index (χ1v) is 14.9. The van der Waals surface area contributed by atoms with Crippen LogP contribution in [-0.2, 0) is 0 Å². The lowest BCUT2D eigenvalue weighted by atomic mass is 9.43. The highest BCUT2D eigenvalue weighted by molar-refractivity contribution is 5.10. The fraction of sp³-hybridized carbons (Fsp3) is 1.00. The number of halogens is 1. The number of hydrogen-bond acceptors (Lipinski definition) is 2. The molecule has 196 valence electrons. The molecule has 3 heteroatoms. The van der Waals surface area contributed by atoms with Crippen molar-refractivity contribution >= 4 is 0 Å². The second-order valence-corrected chi connectivity index (χ2v) is 15.2. The lowest BCUT2D eigenvalue weighted by Gasteiger charge is -2.62. The molecule has 0 aromatic heterocycles. The summed E-state index contributed by atoms with van der Waals surface area (Å²) in [6, 6.07) is 0. The number of hydrogen-bond donors (Lipinski definition) is 2. The zero-order valence-corrected chi connectivity index (χ0v) is 22.8. The molecule has 5 rings (SSSR count). The van der Waals surface area contributed by atoms with Gasteiger partial charge >= 0.3 is 0 Å². The Kier molecular flexibility index (Phi) is 6.33. The van der Waals surface area contributed by atoms with E-state index in [-0.39, 0.29) is 0 Å². The van der Waals surface area contributed by atoms with Crippen LogP contribution in [0.15, 0.2) is 0 Å². The van der Waals surface area contributed by atoms with Crippen LogP contribution in [0.25, 0.3) is 0 Å². The predicted molar refractivity (Wildman–Crippen MR) is 137 cm³/mol. The molecule has 5 saturated carbocycles. The van der Waals surface area contributed by atoms with Crippen molar-refractivity contribution in [3.8, 4) is 0 Å². The summed E-state index contributed by atoms with van der Waals surface area (Å²) in [4.78, 5) is 0. The van der Waals surface area contributed by atoms with Crippen LogP contribution in [0.4, 0.5) is 4.39 Å². The maximum absolute atomic E-state index is 14.3. The molecule has 5 fully saturated rings. The van der Waals surface area contributed by atoms with Crippen LogP contribution in [0.3, 0.4) is 0 Å². The molecule has 0 unspecified atom stereocenters. The van der Waals surface area contributed by atoms with Gasteiger partial charge in [0.1, 0.15) is 5.67 Å². The molecule has 0 bridgehead atoms. The summed E-state index contributed by atoms with van der Waals surface area (Å²) >= 11 is 0. The van der Waals surface area contributed by atoms with Gasteiger partial charge < -0.3 is 10.2 Å². The van der Waals surface area contributed by atoms with E-state index in [2.05, 4.69) is 27.7 Å². The van der Waals surface area contributed by atoms with Gasteiger partial charge in [-0.2, -0.15) is 0 Å². The Hall–Kier alpha value is -0.150. The first-order chi connectivity index (χ1) is 15.8. The van der Waals surface area contributed by atoms with Gasteiger partial charge in [-0.1, -0.05) is 20.8 Å². The molecule has 2 N–H and O–H groups in total. The van der Waals surface area contributed by atoms with Crippen molar-refractivity contribution in [3.05, 3.63) is 0 Å². The number of alkyl halides is 1. The molecule has 0 heterocycles. The highest BCUT2D eigenvalue weighted by Crippen LogP contribution is 2.69. The lowest BCUT2D eigenvalue weighted by Crippen LogP contribution is -2.55. The first-order valence-electron chi connectivity index (χ1n) is 14.9. The summed E-state index contributed by atoms with van der Waals surface area (Å²) in [5.41, 5.74) is -1.26. The van der Waals surface area contributed by atoms with Gasteiger partial charge in [0, 0.05) is 0 Å². The Bertz CT molecular complexity index is 751. The van der Waals surface area contributed by atoms with E-state index < -0.39 is 16.9 Å².